The topological polar surface area (TPSA) is 88.6 Å². The van der Waals surface area contributed by atoms with E-state index in [1.165, 1.54) is 41.8 Å². The van der Waals surface area contributed by atoms with Crippen molar-refractivity contribution in [3.05, 3.63) is 99.9 Å². The molecule has 0 atom stereocenters. The Morgan fingerprint density at radius 3 is 2.74 bits per heavy atom. The van der Waals surface area contributed by atoms with Crippen molar-refractivity contribution in [1.82, 2.24) is 4.98 Å². The highest BCUT2D eigenvalue weighted by atomic mass is 32.2. The lowest BCUT2D eigenvalue weighted by atomic mass is 10.1. The molecule has 0 amide bonds. The third-order valence-corrected chi connectivity index (χ3v) is 7.45. The zero-order chi connectivity index (χ0) is 23.7. The van der Waals surface area contributed by atoms with Crippen LogP contribution in [0.4, 0.5) is 15.8 Å². The molecule has 6 nitrogen and oxygen atoms in total. The highest BCUT2D eigenvalue weighted by Crippen LogP contribution is 2.35. The Kier molecular flexibility index (Phi) is 5.95. The highest BCUT2D eigenvalue weighted by Gasteiger charge is 2.11. The van der Waals surface area contributed by atoms with Gasteiger partial charge in [0.2, 0.25) is 0 Å². The van der Waals surface area contributed by atoms with E-state index >= 15 is 0 Å². The molecule has 1 N–H and O–H groups in total. The summed E-state index contributed by atoms with van der Waals surface area (Å²) < 4.78 is 15.9. The smallest absolute Gasteiger partial charge is 0.270 e. The predicted octanol–water partition coefficient (Wildman–Crippen LogP) is 7.25. The van der Waals surface area contributed by atoms with Crippen LogP contribution in [0.3, 0.4) is 0 Å². The lowest BCUT2D eigenvalue weighted by Gasteiger charge is -2.06. The van der Waals surface area contributed by atoms with Gasteiger partial charge in [0.1, 0.15) is 11.6 Å². The van der Waals surface area contributed by atoms with Crippen LogP contribution < -0.4 is 0 Å². The van der Waals surface area contributed by atoms with Crippen LogP contribution in [0.25, 0.3) is 21.0 Å². The molecule has 5 aromatic rings. The molecule has 0 spiro atoms. The second kappa shape index (κ2) is 9.20. The Hall–Kier alpha value is -3.82. The molecule has 0 radical (unpaired) electrons. The minimum absolute atomic E-state index is 0.0831. The Bertz CT molecular complexity index is 1580. The molecule has 0 aliphatic heterocycles. The Balaban J connectivity index is 1.36. The molecule has 4 aromatic carbocycles. The van der Waals surface area contributed by atoms with Gasteiger partial charge in [-0.05, 0) is 41.3 Å². The second-order valence-electron chi connectivity index (χ2n) is 7.43. The van der Waals surface area contributed by atoms with E-state index in [0.29, 0.717) is 16.8 Å². The summed E-state index contributed by atoms with van der Waals surface area (Å²) in [7, 11) is 0. The number of aliphatic imine (C=N–C) groups is 1. The number of non-ortho nitro benzene ring substituents is 1. The number of aromatic nitrogens is 1. The first-order valence-electron chi connectivity index (χ1n) is 10.2. The number of nitro benzene ring substituents is 1. The number of fused-ring (bicyclic) bond motifs is 2. The summed E-state index contributed by atoms with van der Waals surface area (Å²) >= 11 is 3.13. The van der Waals surface area contributed by atoms with Gasteiger partial charge in [-0.1, -0.05) is 42.1 Å². The standard InChI is InChI=1S/C25H16FN3O3S2/c26-21-8-5-15(19-3-1-2-4-20(19)21)14-33-25-28-22-9-6-17(12-24(22)34-25)27-13-16-11-18(29(31)32)7-10-23(16)30/h1-13,30H,14H2. The van der Waals surface area contributed by atoms with E-state index in [1.807, 2.05) is 36.4 Å². The number of nitro groups is 1. The van der Waals surface area contributed by atoms with E-state index in [2.05, 4.69) is 9.98 Å². The summed E-state index contributed by atoms with van der Waals surface area (Å²) in [4.78, 5) is 19.5. The summed E-state index contributed by atoms with van der Waals surface area (Å²) in [5.74, 6) is 0.355. The van der Waals surface area contributed by atoms with Crippen LogP contribution in [0.2, 0.25) is 0 Å². The molecule has 5 rings (SSSR count). The third-order valence-electron chi connectivity index (χ3n) is 5.24. The maximum Gasteiger partial charge on any atom is 0.270 e. The number of hydrogen-bond donors (Lipinski definition) is 1. The quantitative estimate of drug-likeness (QED) is 0.117. The van der Waals surface area contributed by atoms with E-state index in [1.54, 1.807) is 23.9 Å². The van der Waals surface area contributed by atoms with E-state index in [0.717, 1.165) is 25.5 Å². The molecule has 0 aliphatic carbocycles. The van der Waals surface area contributed by atoms with Gasteiger partial charge in [0.15, 0.2) is 4.34 Å². The normalized spacial score (nSPS) is 11.6. The minimum Gasteiger partial charge on any atom is -0.507 e. The number of benzene rings is 4. The first-order valence-corrected chi connectivity index (χ1v) is 12.0. The van der Waals surface area contributed by atoms with Crippen LogP contribution in [0.5, 0.6) is 5.75 Å². The van der Waals surface area contributed by atoms with Gasteiger partial charge >= 0.3 is 0 Å². The summed E-state index contributed by atoms with van der Waals surface area (Å²) in [6.07, 6.45) is 1.40. The largest absolute Gasteiger partial charge is 0.507 e. The maximum absolute atomic E-state index is 14.1. The molecule has 168 valence electrons. The van der Waals surface area contributed by atoms with Gasteiger partial charge in [0.05, 0.1) is 20.8 Å². The molecule has 0 saturated carbocycles. The number of nitrogens with zero attached hydrogens (tertiary/aromatic N) is 3. The summed E-state index contributed by atoms with van der Waals surface area (Å²) in [6, 6.07) is 20.1. The van der Waals surface area contributed by atoms with Crippen LogP contribution >= 0.6 is 23.1 Å². The summed E-state index contributed by atoms with van der Waals surface area (Å²) in [5, 5.41) is 22.4. The molecule has 0 aliphatic rings. The van der Waals surface area contributed by atoms with Gasteiger partial charge in [-0.15, -0.1) is 11.3 Å². The van der Waals surface area contributed by atoms with E-state index in [-0.39, 0.29) is 22.8 Å². The van der Waals surface area contributed by atoms with E-state index in [9.17, 15) is 19.6 Å². The fourth-order valence-electron chi connectivity index (χ4n) is 3.53. The monoisotopic (exact) mass is 489 g/mol. The van der Waals surface area contributed by atoms with Crippen molar-refractivity contribution < 1.29 is 14.4 Å². The number of thioether (sulfide) groups is 1. The second-order valence-corrected chi connectivity index (χ2v) is 9.68. The van der Waals surface area contributed by atoms with Crippen LogP contribution in [-0.4, -0.2) is 21.2 Å². The number of halogens is 1. The maximum atomic E-state index is 14.1. The van der Waals surface area contributed by atoms with Gasteiger partial charge < -0.3 is 5.11 Å². The SMILES string of the molecule is O=[N+]([O-])c1ccc(O)c(C=Nc2ccc3nc(SCc4ccc(F)c5ccccc45)sc3c2)c1. The van der Waals surface area contributed by atoms with Crippen LogP contribution in [0.15, 0.2) is 82.1 Å². The fraction of sp³-hybridized carbons (Fsp3) is 0.0400. The number of thiazole rings is 1. The number of phenolic OH excluding ortho intramolecular Hbond substituents is 1. The molecule has 0 saturated heterocycles. The molecule has 9 heteroatoms. The van der Waals surface area contributed by atoms with Crippen molar-refractivity contribution in [2.75, 3.05) is 0 Å². The van der Waals surface area contributed by atoms with Gasteiger partial charge in [-0.2, -0.15) is 0 Å². The molecule has 0 bridgehead atoms. The molecule has 1 aromatic heterocycles. The zero-order valence-corrected chi connectivity index (χ0v) is 19.1. The molecule has 1 heterocycles. The number of aromatic hydroxyl groups is 1. The van der Waals surface area contributed by atoms with Gasteiger partial charge in [0, 0.05) is 35.0 Å². The van der Waals surface area contributed by atoms with E-state index in [4.69, 9.17) is 0 Å². The number of hydrogen-bond acceptors (Lipinski definition) is 7. The first kappa shape index (κ1) is 22.0. The summed E-state index contributed by atoms with van der Waals surface area (Å²) in [6.45, 7) is 0. The van der Waals surface area contributed by atoms with Crippen LogP contribution in [-0.2, 0) is 5.75 Å². The lowest BCUT2D eigenvalue weighted by Crippen LogP contribution is -1.90. The van der Waals surface area contributed by atoms with Crippen molar-refractivity contribution in [3.63, 3.8) is 0 Å². The predicted molar refractivity (Wildman–Crippen MR) is 135 cm³/mol. The molecule has 34 heavy (non-hydrogen) atoms. The van der Waals surface area contributed by atoms with Crippen LogP contribution in [0, 0.1) is 15.9 Å². The van der Waals surface area contributed by atoms with Gasteiger partial charge in [-0.25, -0.2) is 9.37 Å². The van der Waals surface area contributed by atoms with Crippen molar-refractivity contribution >= 4 is 61.7 Å². The van der Waals surface area contributed by atoms with Crippen molar-refractivity contribution in [2.45, 2.75) is 10.1 Å². The molecular formula is C25H16FN3O3S2. The third kappa shape index (κ3) is 4.48. The average molecular weight is 490 g/mol. The summed E-state index contributed by atoms with van der Waals surface area (Å²) in [5.41, 5.74) is 2.68. The highest BCUT2D eigenvalue weighted by molar-refractivity contribution is 8.00. The fourth-order valence-corrected chi connectivity index (χ4v) is 5.63. The Morgan fingerprint density at radius 1 is 1.09 bits per heavy atom. The number of phenols is 1. The molecule has 0 unspecified atom stereocenters. The Labute approximate surface area is 201 Å². The molecule has 0 fully saturated rings. The minimum atomic E-state index is -0.520. The number of rotatable bonds is 6. The van der Waals surface area contributed by atoms with Crippen molar-refractivity contribution in [2.24, 2.45) is 4.99 Å². The van der Waals surface area contributed by atoms with Crippen molar-refractivity contribution in [3.8, 4) is 5.75 Å². The van der Waals surface area contributed by atoms with E-state index < -0.39 is 4.92 Å². The van der Waals surface area contributed by atoms with Crippen LogP contribution in [0.1, 0.15) is 11.1 Å². The first-order chi connectivity index (χ1) is 16.5. The Morgan fingerprint density at radius 2 is 1.91 bits per heavy atom. The van der Waals surface area contributed by atoms with Crippen molar-refractivity contribution in [1.29, 1.82) is 0 Å². The van der Waals surface area contributed by atoms with Gasteiger partial charge in [0.25, 0.3) is 5.69 Å². The lowest BCUT2D eigenvalue weighted by molar-refractivity contribution is -0.384. The zero-order valence-electron chi connectivity index (χ0n) is 17.5. The average Bonchev–Trinajstić information content (AvgIpc) is 3.25. The van der Waals surface area contributed by atoms with Gasteiger partial charge in [-0.3, -0.25) is 15.1 Å². The molecular weight excluding hydrogens is 473 g/mol.